The maximum Gasteiger partial charge on any atom is 0.319 e. The molecule has 1 saturated heterocycles. The molecule has 4 heterocycles. The standard InChI is InChI=1S/C17H18F2N6O2/c1-26-15-11(10-21-16(22-15)27-2)12-9-13(14-20-5-8-25(14)23-12)24-6-3-17(18,19)4-7-24/h5,8-10H,3-4,6-7H2,1-2H3. The summed E-state index contributed by atoms with van der Waals surface area (Å²) in [5, 5.41) is 4.53. The first-order chi connectivity index (χ1) is 13.0. The van der Waals surface area contributed by atoms with Gasteiger partial charge in [-0.1, -0.05) is 0 Å². The number of imidazole rings is 1. The monoisotopic (exact) mass is 376 g/mol. The van der Waals surface area contributed by atoms with Crippen molar-refractivity contribution in [1.29, 1.82) is 0 Å². The zero-order valence-electron chi connectivity index (χ0n) is 14.9. The van der Waals surface area contributed by atoms with Crippen LogP contribution in [0.2, 0.25) is 0 Å². The molecule has 3 aromatic heterocycles. The van der Waals surface area contributed by atoms with E-state index < -0.39 is 5.92 Å². The lowest BCUT2D eigenvalue weighted by atomic mass is 10.1. The fourth-order valence-electron chi connectivity index (χ4n) is 3.12. The molecule has 0 unspecified atom stereocenters. The summed E-state index contributed by atoms with van der Waals surface area (Å²) < 4.78 is 39.1. The average Bonchev–Trinajstić information content (AvgIpc) is 3.15. The van der Waals surface area contributed by atoms with Crippen LogP contribution in [0.5, 0.6) is 11.9 Å². The second-order valence-corrected chi connectivity index (χ2v) is 6.23. The number of ether oxygens (including phenoxy) is 2. The van der Waals surface area contributed by atoms with Gasteiger partial charge in [-0.15, -0.1) is 0 Å². The van der Waals surface area contributed by atoms with Crippen LogP contribution in [0.3, 0.4) is 0 Å². The van der Waals surface area contributed by atoms with Gasteiger partial charge in [0.15, 0.2) is 5.65 Å². The molecule has 0 saturated carbocycles. The Morgan fingerprint density at radius 2 is 1.89 bits per heavy atom. The molecule has 0 N–H and O–H groups in total. The van der Waals surface area contributed by atoms with E-state index in [0.29, 0.717) is 22.8 Å². The Morgan fingerprint density at radius 3 is 2.59 bits per heavy atom. The number of aromatic nitrogens is 5. The minimum atomic E-state index is -2.62. The average molecular weight is 376 g/mol. The lowest BCUT2D eigenvalue weighted by molar-refractivity contribution is -0.0220. The first-order valence-electron chi connectivity index (χ1n) is 8.43. The molecule has 1 fully saturated rings. The van der Waals surface area contributed by atoms with Crippen LogP contribution in [0.25, 0.3) is 16.9 Å². The number of hydrogen-bond acceptors (Lipinski definition) is 7. The molecule has 4 rings (SSSR count). The van der Waals surface area contributed by atoms with Gasteiger partial charge in [-0.3, -0.25) is 0 Å². The number of anilines is 1. The van der Waals surface area contributed by atoms with Crippen molar-refractivity contribution in [1.82, 2.24) is 24.6 Å². The molecular weight excluding hydrogens is 358 g/mol. The second-order valence-electron chi connectivity index (χ2n) is 6.23. The fourth-order valence-corrected chi connectivity index (χ4v) is 3.12. The van der Waals surface area contributed by atoms with Gasteiger partial charge < -0.3 is 14.4 Å². The summed E-state index contributed by atoms with van der Waals surface area (Å²) in [6, 6.07) is 1.98. The SMILES string of the molecule is COc1ncc(-c2cc(N3CCC(F)(F)CC3)c3nccn3n2)c(OC)n1. The summed E-state index contributed by atoms with van der Waals surface area (Å²) >= 11 is 0. The molecule has 0 spiro atoms. The molecule has 1 aliphatic rings. The number of halogens is 2. The van der Waals surface area contributed by atoms with E-state index in [-0.39, 0.29) is 31.9 Å². The van der Waals surface area contributed by atoms with Gasteiger partial charge in [0.05, 0.1) is 25.5 Å². The molecule has 27 heavy (non-hydrogen) atoms. The lowest BCUT2D eigenvalue weighted by Crippen LogP contribution is -2.39. The zero-order valence-corrected chi connectivity index (χ0v) is 14.9. The molecule has 10 heteroatoms. The maximum absolute atomic E-state index is 13.6. The van der Waals surface area contributed by atoms with Crippen LogP contribution in [0, 0.1) is 0 Å². The summed E-state index contributed by atoms with van der Waals surface area (Å²) in [6.07, 6.45) is 4.51. The molecule has 3 aromatic rings. The smallest absolute Gasteiger partial charge is 0.319 e. The molecule has 0 radical (unpaired) electrons. The van der Waals surface area contributed by atoms with E-state index in [9.17, 15) is 8.78 Å². The normalized spacial score (nSPS) is 16.5. The minimum absolute atomic E-state index is 0.179. The van der Waals surface area contributed by atoms with Crippen molar-refractivity contribution < 1.29 is 18.3 Å². The van der Waals surface area contributed by atoms with Gasteiger partial charge in [0, 0.05) is 44.5 Å². The lowest BCUT2D eigenvalue weighted by Gasteiger charge is -2.33. The van der Waals surface area contributed by atoms with Gasteiger partial charge >= 0.3 is 6.01 Å². The molecule has 142 valence electrons. The van der Waals surface area contributed by atoms with Crippen LogP contribution in [0.4, 0.5) is 14.5 Å². The molecule has 8 nitrogen and oxygen atoms in total. The fraction of sp³-hybridized carbons (Fsp3) is 0.412. The summed E-state index contributed by atoms with van der Waals surface area (Å²) in [5.74, 6) is -2.31. The number of methoxy groups -OCH3 is 2. The van der Waals surface area contributed by atoms with Crippen molar-refractivity contribution in [3.05, 3.63) is 24.7 Å². The third kappa shape index (κ3) is 3.22. The summed E-state index contributed by atoms with van der Waals surface area (Å²) in [5.41, 5.74) is 2.46. The van der Waals surface area contributed by atoms with Gasteiger partial charge in [0.25, 0.3) is 5.92 Å². The zero-order chi connectivity index (χ0) is 19.0. The molecule has 0 bridgehead atoms. The highest BCUT2D eigenvalue weighted by atomic mass is 19.3. The molecule has 0 aromatic carbocycles. The largest absolute Gasteiger partial charge is 0.480 e. The third-order valence-electron chi connectivity index (χ3n) is 4.56. The number of rotatable bonds is 4. The van der Waals surface area contributed by atoms with E-state index in [1.54, 1.807) is 29.2 Å². The Labute approximate surface area is 153 Å². The second kappa shape index (κ2) is 6.60. The Kier molecular flexibility index (Phi) is 4.25. The van der Waals surface area contributed by atoms with Crippen LogP contribution in [0.15, 0.2) is 24.7 Å². The van der Waals surface area contributed by atoms with Crippen molar-refractivity contribution in [2.75, 3.05) is 32.2 Å². The molecule has 0 amide bonds. The van der Waals surface area contributed by atoms with Crippen molar-refractivity contribution in [3.8, 4) is 23.1 Å². The Bertz CT molecular complexity index is 967. The van der Waals surface area contributed by atoms with E-state index in [2.05, 4.69) is 20.1 Å². The highest BCUT2D eigenvalue weighted by Gasteiger charge is 2.35. The first-order valence-corrected chi connectivity index (χ1v) is 8.43. The van der Waals surface area contributed by atoms with Crippen LogP contribution in [-0.2, 0) is 0 Å². The number of piperidine rings is 1. The minimum Gasteiger partial charge on any atom is -0.480 e. The van der Waals surface area contributed by atoms with Crippen molar-refractivity contribution >= 4 is 11.3 Å². The summed E-state index contributed by atoms with van der Waals surface area (Å²) in [6.45, 7) is 0.491. The quantitative estimate of drug-likeness (QED) is 0.692. The first kappa shape index (κ1) is 17.4. The Morgan fingerprint density at radius 1 is 1.11 bits per heavy atom. The number of hydrogen-bond donors (Lipinski definition) is 0. The Balaban J connectivity index is 1.80. The molecule has 0 aliphatic carbocycles. The van der Waals surface area contributed by atoms with Gasteiger partial charge in [0.1, 0.15) is 5.69 Å². The van der Waals surface area contributed by atoms with E-state index in [1.807, 2.05) is 4.90 Å². The third-order valence-corrected chi connectivity index (χ3v) is 4.56. The predicted octanol–water partition coefficient (Wildman–Crippen LogP) is 2.44. The predicted molar refractivity (Wildman–Crippen MR) is 93.5 cm³/mol. The summed E-state index contributed by atoms with van der Waals surface area (Å²) in [7, 11) is 2.96. The van der Waals surface area contributed by atoms with E-state index >= 15 is 0 Å². The highest BCUT2D eigenvalue weighted by Crippen LogP contribution is 2.35. The maximum atomic E-state index is 13.6. The van der Waals surface area contributed by atoms with Crippen LogP contribution < -0.4 is 14.4 Å². The van der Waals surface area contributed by atoms with Crippen LogP contribution in [0.1, 0.15) is 12.8 Å². The van der Waals surface area contributed by atoms with Crippen LogP contribution in [-0.4, -0.2) is 57.8 Å². The van der Waals surface area contributed by atoms with E-state index in [1.165, 1.54) is 14.2 Å². The van der Waals surface area contributed by atoms with Crippen molar-refractivity contribution in [2.24, 2.45) is 0 Å². The van der Waals surface area contributed by atoms with Crippen LogP contribution >= 0.6 is 0 Å². The Hall–Kier alpha value is -3.04. The highest BCUT2D eigenvalue weighted by molar-refractivity contribution is 5.76. The topological polar surface area (TPSA) is 77.7 Å². The number of nitrogens with zero attached hydrogens (tertiary/aromatic N) is 6. The van der Waals surface area contributed by atoms with Gasteiger partial charge in [-0.05, 0) is 6.07 Å². The number of fused-ring (bicyclic) bond motifs is 1. The molecule has 0 atom stereocenters. The van der Waals surface area contributed by atoms with Gasteiger partial charge in [-0.2, -0.15) is 10.1 Å². The van der Waals surface area contributed by atoms with Crippen molar-refractivity contribution in [2.45, 2.75) is 18.8 Å². The molecule has 1 aliphatic heterocycles. The van der Waals surface area contributed by atoms with Crippen molar-refractivity contribution in [3.63, 3.8) is 0 Å². The number of alkyl halides is 2. The molecular formula is C17H18F2N6O2. The van der Waals surface area contributed by atoms with Gasteiger partial charge in [0.2, 0.25) is 5.88 Å². The van der Waals surface area contributed by atoms with E-state index in [4.69, 9.17) is 9.47 Å². The van der Waals surface area contributed by atoms with Gasteiger partial charge in [-0.25, -0.2) is 23.3 Å². The van der Waals surface area contributed by atoms with E-state index in [0.717, 1.165) is 5.69 Å². The summed E-state index contributed by atoms with van der Waals surface area (Å²) in [4.78, 5) is 14.5.